The summed E-state index contributed by atoms with van der Waals surface area (Å²) in [6.07, 6.45) is 4.47. The van der Waals surface area contributed by atoms with E-state index < -0.39 is 0 Å². The lowest BCUT2D eigenvalue weighted by Crippen LogP contribution is -2.47. The normalized spacial score (nSPS) is 19.2. The van der Waals surface area contributed by atoms with Gasteiger partial charge >= 0.3 is 0 Å². The first-order valence-electron chi connectivity index (χ1n) is 9.18. The third-order valence-electron chi connectivity index (χ3n) is 4.73. The summed E-state index contributed by atoms with van der Waals surface area (Å²) in [4.78, 5) is 9.62. The summed E-state index contributed by atoms with van der Waals surface area (Å²) >= 11 is 0. The molecule has 2 heterocycles. The summed E-state index contributed by atoms with van der Waals surface area (Å²) in [6.45, 7) is 17.0. The van der Waals surface area contributed by atoms with Gasteiger partial charge in [0.25, 0.3) is 0 Å². The highest BCUT2D eigenvalue weighted by Gasteiger charge is 2.26. The fourth-order valence-corrected chi connectivity index (χ4v) is 2.90. The minimum absolute atomic E-state index is 0.225. The van der Waals surface area contributed by atoms with Gasteiger partial charge in [0.15, 0.2) is 5.82 Å². The summed E-state index contributed by atoms with van der Waals surface area (Å²) < 4.78 is 5.48. The van der Waals surface area contributed by atoms with Gasteiger partial charge < -0.3 is 9.42 Å². The lowest BCUT2D eigenvalue weighted by molar-refractivity contribution is 0.0821. The van der Waals surface area contributed by atoms with Gasteiger partial charge in [0.1, 0.15) is 0 Å². The lowest BCUT2D eigenvalue weighted by Gasteiger charge is -2.37. The molecule has 5 heteroatoms. The molecule has 1 aliphatic rings. The first kappa shape index (κ1) is 18.4. The molecule has 1 fully saturated rings. The summed E-state index contributed by atoms with van der Waals surface area (Å²) in [7, 11) is 0. The van der Waals surface area contributed by atoms with Crippen molar-refractivity contribution in [1.29, 1.82) is 0 Å². The molecule has 132 valence electrons. The quantitative estimate of drug-likeness (QED) is 0.768. The number of rotatable bonds is 7. The Morgan fingerprint density at radius 2 is 1.87 bits per heavy atom. The van der Waals surface area contributed by atoms with Crippen LogP contribution in [0.3, 0.4) is 0 Å². The SMILES string of the molecule is CCCCc1noc([C@H](C)N2CCN(CCC(C)(C)C)CC2)n1. The van der Waals surface area contributed by atoms with Gasteiger partial charge in [0.2, 0.25) is 5.89 Å². The fraction of sp³-hybridized carbons (Fsp3) is 0.889. The van der Waals surface area contributed by atoms with Gasteiger partial charge in [-0.1, -0.05) is 39.3 Å². The van der Waals surface area contributed by atoms with E-state index in [2.05, 4.69) is 54.6 Å². The van der Waals surface area contributed by atoms with Crippen molar-refractivity contribution in [2.75, 3.05) is 32.7 Å². The Morgan fingerprint density at radius 1 is 1.17 bits per heavy atom. The highest BCUT2D eigenvalue weighted by Crippen LogP contribution is 2.22. The first-order valence-corrected chi connectivity index (χ1v) is 9.18. The molecule has 0 amide bonds. The monoisotopic (exact) mass is 322 g/mol. The number of piperazine rings is 1. The molecular formula is C18H34N4O. The maximum Gasteiger partial charge on any atom is 0.243 e. The van der Waals surface area contributed by atoms with Crippen LogP contribution in [0.1, 0.15) is 71.6 Å². The van der Waals surface area contributed by atoms with Crippen molar-refractivity contribution in [1.82, 2.24) is 19.9 Å². The van der Waals surface area contributed by atoms with Gasteiger partial charge in [0.05, 0.1) is 6.04 Å². The summed E-state index contributed by atoms with van der Waals surface area (Å²) in [5.41, 5.74) is 0.420. The average molecular weight is 322 g/mol. The van der Waals surface area contributed by atoms with Crippen LogP contribution in [0.25, 0.3) is 0 Å². The van der Waals surface area contributed by atoms with Crippen molar-refractivity contribution in [3.05, 3.63) is 11.7 Å². The van der Waals surface area contributed by atoms with Crippen LogP contribution in [0.4, 0.5) is 0 Å². The zero-order valence-corrected chi connectivity index (χ0v) is 15.6. The van der Waals surface area contributed by atoms with Gasteiger partial charge in [-0.15, -0.1) is 0 Å². The van der Waals surface area contributed by atoms with Crippen LogP contribution < -0.4 is 0 Å². The highest BCUT2D eigenvalue weighted by atomic mass is 16.5. The Morgan fingerprint density at radius 3 is 2.48 bits per heavy atom. The molecule has 0 aromatic carbocycles. The minimum Gasteiger partial charge on any atom is -0.338 e. The van der Waals surface area contributed by atoms with Crippen LogP contribution in [-0.4, -0.2) is 52.7 Å². The average Bonchev–Trinajstić information content (AvgIpc) is 2.99. The van der Waals surface area contributed by atoms with Crippen LogP contribution in [-0.2, 0) is 6.42 Å². The molecule has 1 atom stereocenters. The number of nitrogens with zero attached hydrogens (tertiary/aromatic N) is 4. The third-order valence-corrected chi connectivity index (χ3v) is 4.73. The molecule has 5 nitrogen and oxygen atoms in total. The van der Waals surface area contributed by atoms with Crippen molar-refractivity contribution in [3.63, 3.8) is 0 Å². The number of aromatic nitrogens is 2. The Labute approximate surface area is 141 Å². The van der Waals surface area contributed by atoms with E-state index in [-0.39, 0.29) is 6.04 Å². The fourth-order valence-electron chi connectivity index (χ4n) is 2.90. The van der Waals surface area contributed by atoms with E-state index in [1.807, 2.05) is 0 Å². The molecular weight excluding hydrogens is 288 g/mol. The highest BCUT2D eigenvalue weighted by molar-refractivity contribution is 4.93. The van der Waals surface area contributed by atoms with E-state index in [4.69, 9.17) is 4.52 Å². The number of aryl methyl sites for hydroxylation is 1. The summed E-state index contributed by atoms with van der Waals surface area (Å²) in [5, 5.41) is 4.12. The Bertz CT molecular complexity index is 458. The van der Waals surface area contributed by atoms with Gasteiger partial charge in [-0.2, -0.15) is 4.98 Å². The van der Waals surface area contributed by atoms with Gasteiger partial charge in [-0.25, -0.2) is 0 Å². The standard InChI is InChI=1S/C18H34N4O/c1-6-7-8-16-19-17(23-20-16)15(2)22-13-11-21(12-14-22)10-9-18(3,4)5/h15H,6-14H2,1-5H3/t15-/m0/s1. The predicted octanol–water partition coefficient (Wildman–Crippen LogP) is 3.53. The van der Waals surface area contributed by atoms with Crippen molar-refractivity contribution < 1.29 is 4.52 Å². The second-order valence-corrected chi connectivity index (χ2v) is 8.02. The number of unbranched alkanes of at least 4 members (excludes halogenated alkanes) is 1. The summed E-state index contributed by atoms with van der Waals surface area (Å²) in [6, 6.07) is 0.225. The van der Waals surface area contributed by atoms with Gasteiger partial charge in [-0.05, 0) is 31.7 Å². The molecule has 0 aliphatic carbocycles. The zero-order valence-electron chi connectivity index (χ0n) is 15.6. The van der Waals surface area contributed by atoms with E-state index in [0.29, 0.717) is 5.41 Å². The Balaban J connectivity index is 1.79. The van der Waals surface area contributed by atoms with E-state index in [0.717, 1.165) is 57.2 Å². The molecule has 1 aromatic rings. The van der Waals surface area contributed by atoms with Gasteiger partial charge in [-0.3, -0.25) is 4.90 Å². The topological polar surface area (TPSA) is 45.4 Å². The van der Waals surface area contributed by atoms with Crippen molar-refractivity contribution in [2.45, 2.75) is 66.3 Å². The van der Waals surface area contributed by atoms with E-state index in [1.54, 1.807) is 0 Å². The van der Waals surface area contributed by atoms with Crippen molar-refractivity contribution >= 4 is 0 Å². The molecule has 0 bridgehead atoms. The van der Waals surface area contributed by atoms with Crippen molar-refractivity contribution in [3.8, 4) is 0 Å². The van der Waals surface area contributed by atoms with Crippen LogP contribution in [0.2, 0.25) is 0 Å². The van der Waals surface area contributed by atoms with Crippen molar-refractivity contribution in [2.24, 2.45) is 5.41 Å². The van der Waals surface area contributed by atoms with Gasteiger partial charge in [0, 0.05) is 32.6 Å². The summed E-state index contributed by atoms with van der Waals surface area (Å²) in [5.74, 6) is 1.64. The molecule has 0 unspecified atom stereocenters. The van der Waals surface area contributed by atoms with Crippen LogP contribution >= 0.6 is 0 Å². The van der Waals surface area contributed by atoms with E-state index in [1.165, 1.54) is 13.0 Å². The molecule has 0 radical (unpaired) electrons. The lowest BCUT2D eigenvalue weighted by atomic mass is 9.92. The zero-order chi connectivity index (χ0) is 16.9. The molecule has 23 heavy (non-hydrogen) atoms. The molecule has 1 aliphatic heterocycles. The van der Waals surface area contributed by atoms with Crippen LogP contribution in [0.15, 0.2) is 4.52 Å². The second kappa shape index (κ2) is 8.25. The molecule has 0 saturated carbocycles. The minimum atomic E-state index is 0.225. The Hall–Kier alpha value is -0.940. The van der Waals surface area contributed by atoms with E-state index in [9.17, 15) is 0 Å². The molecule has 0 N–H and O–H groups in total. The van der Waals surface area contributed by atoms with Crippen LogP contribution in [0, 0.1) is 5.41 Å². The molecule has 2 rings (SSSR count). The molecule has 1 saturated heterocycles. The largest absolute Gasteiger partial charge is 0.338 e. The Kier molecular flexibility index (Phi) is 6.60. The second-order valence-electron chi connectivity index (χ2n) is 8.02. The maximum atomic E-state index is 5.48. The number of hydrogen-bond acceptors (Lipinski definition) is 5. The van der Waals surface area contributed by atoms with E-state index >= 15 is 0 Å². The molecule has 0 spiro atoms. The van der Waals surface area contributed by atoms with Crippen LogP contribution in [0.5, 0.6) is 0 Å². The first-order chi connectivity index (χ1) is 10.9. The smallest absolute Gasteiger partial charge is 0.243 e. The third kappa shape index (κ3) is 5.88. The maximum absolute atomic E-state index is 5.48. The molecule has 1 aromatic heterocycles. The predicted molar refractivity (Wildman–Crippen MR) is 93.4 cm³/mol. The number of hydrogen-bond donors (Lipinski definition) is 0.